The van der Waals surface area contributed by atoms with Crippen LogP contribution in [0.3, 0.4) is 0 Å². The Balaban J connectivity index is 1.54. The van der Waals surface area contributed by atoms with Crippen molar-refractivity contribution in [3.8, 4) is 0 Å². The Labute approximate surface area is 168 Å². The number of benzene rings is 3. The molecule has 0 bridgehead atoms. The second-order valence-electron chi connectivity index (χ2n) is 6.21. The van der Waals surface area contributed by atoms with Crippen LogP contribution in [0.1, 0.15) is 22.8 Å². The van der Waals surface area contributed by atoms with Gasteiger partial charge in [-0.05, 0) is 36.0 Å². The molecule has 0 aliphatic carbocycles. The molecule has 3 aromatic carbocycles. The average molecular weight is 390 g/mol. The molecule has 1 atom stereocenters. The van der Waals surface area contributed by atoms with E-state index in [9.17, 15) is 0 Å². The van der Waals surface area contributed by atoms with Gasteiger partial charge in [0, 0.05) is 27.8 Å². The molecule has 1 aliphatic heterocycles. The van der Waals surface area contributed by atoms with E-state index >= 15 is 0 Å². The molecule has 1 unspecified atom stereocenters. The molecule has 2 N–H and O–H groups in total. The highest BCUT2D eigenvalue weighted by Crippen LogP contribution is 2.44. The van der Waals surface area contributed by atoms with E-state index in [0.717, 1.165) is 17.8 Å². The molecule has 27 heavy (non-hydrogen) atoms. The van der Waals surface area contributed by atoms with Crippen LogP contribution in [0, 0.1) is 0 Å². The summed E-state index contributed by atoms with van der Waals surface area (Å²) in [4.78, 5) is 1.25. The van der Waals surface area contributed by atoms with Gasteiger partial charge in [0.2, 0.25) is 0 Å². The number of hydrogen-bond donors (Lipinski definition) is 2. The van der Waals surface area contributed by atoms with Gasteiger partial charge in [-0.1, -0.05) is 66.7 Å². The molecular weight excluding hydrogens is 370 g/mol. The summed E-state index contributed by atoms with van der Waals surface area (Å²) in [5.41, 5.74) is 7.46. The van der Waals surface area contributed by atoms with E-state index in [1.165, 1.54) is 16.0 Å². The van der Waals surface area contributed by atoms with Crippen LogP contribution in [0.4, 0.5) is 5.69 Å². The number of para-hydroxylation sites is 1. The predicted octanol–water partition coefficient (Wildman–Crippen LogP) is 5.61. The summed E-state index contributed by atoms with van der Waals surface area (Å²) in [6.45, 7) is 0. The van der Waals surface area contributed by atoms with Gasteiger partial charge in [-0.3, -0.25) is 5.43 Å². The summed E-state index contributed by atoms with van der Waals surface area (Å²) in [6, 6.07) is 28.8. The molecule has 3 aromatic rings. The molecule has 5 heteroatoms. The predicted molar refractivity (Wildman–Crippen MR) is 118 cm³/mol. The van der Waals surface area contributed by atoms with Gasteiger partial charge in [0.15, 0.2) is 5.11 Å². The van der Waals surface area contributed by atoms with Crippen molar-refractivity contribution in [1.82, 2.24) is 5.43 Å². The molecule has 0 amide bonds. The monoisotopic (exact) mass is 389 g/mol. The van der Waals surface area contributed by atoms with Crippen molar-refractivity contribution in [3.63, 3.8) is 0 Å². The van der Waals surface area contributed by atoms with Crippen molar-refractivity contribution < 1.29 is 0 Å². The zero-order chi connectivity index (χ0) is 18.5. The molecule has 1 heterocycles. The number of thioether (sulfide) groups is 1. The van der Waals surface area contributed by atoms with Gasteiger partial charge in [-0.15, -0.1) is 11.8 Å². The second-order valence-corrected chi connectivity index (χ2v) is 7.86. The first-order chi connectivity index (χ1) is 13.3. The highest BCUT2D eigenvalue weighted by molar-refractivity contribution is 7.99. The number of nitrogens with zero attached hydrogens (tertiary/aromatic N) is 1. The molecule has 0 aromatic heterocycles. The number of thiocarbonyl (C=S) groups is 1. The molecule has 0 radical (unpaired) electrons. The van der Waals surface area contributed by atoms with Gasteiger partial charge in [0.05, 0.1) is 5.71 Å². The van der Waals surface area contributed by atoms with Crippen molar-refractivity contribution in [1.29, 1.82) is 0 Å². The summed E-state index contributed by atoms with van der Waals surface area (Å²) in [5, 5.41) is 8.63. The Kier molecular flexibility index (Phi) is 5.51. The third kappa shape index (κ3) is 4.38. The molecule has 0 spiro atoms. The van der Waals surface area contributed by atoms with Crippen LogP contribution in [-0.4, -0.2) is 10.8 Å². The van der Waals surface area contributed by atoms with Gasteiger partial charge >= 0.3 is 0 Å². The van der Waals surface area contributed by atoms with Gasteiger partial charge in [-0.25, -0.2) is 0 Å². The minimum absolute atomic E-state index is 0.345. The lowest BCUT2D eigenvalue weighted by molar-refractivity contribution is 0.944. The maximum Gasteiger partial charge on any atom is 0.191 e. The SMILES string of the molecule is S=C(N/N=C1\CC(c2ccccc2)Sc2ccccc21)Nc1ccccc1. The van der Waals surface area contributed by atoms with Crippen LogP contribution < -0.4 is 10.7 Å². The maximum absolute atomic E-state index is 5.39. The Hall–Kier alpha value is -2.63. The maximum atomic E-state index is 5.39. The largest absolute Gasteiger partial charge is 0.331 e. The fraction of sp³-hybridized carbons (Fsp3) is 0.0909. The fourth-order valence-corrected chi connectivity index (χ4v) is 4.52. The molecule has 134 valence electrons. The van der Waals surface area contributed by atoms with Crippen molar-refractivity contribution in [2.45, 2.75) is 16.6 Å². The molecular formula is C22H19N3S2. The molecule has 0 saturated heterocycles. The number of hydrazone groups is 1. The summed E-state index contributed by atoms with van der Waals surface area (Å²) in [6.07, 6.45) is 0.854. The van der Waals surface area contributed by atoms with Gasteiger partial charge < -0.3 is 5.32 Å². The van der Waals surface area contributed by atoms with Gasteiger partial charge in [-0.2, -0.15) is 5.10 Å². The van der Waals surface area contributed by atoms with Crippen LogP contribution in [0.5, 0.6) is 0 Å². The lowest BCUT2D eigenvalue weighted by Crippen LogP contribution is -2.26. The van der Waals surface area contributed by atoms with Crippen LogP contribution >= 0.6 is 24.0 Å². The molecule has 0 saturated carbocycles. The highest BCUT2D eigenvalue weighted by Gasteiger charge is 2.25. The fourth-order valence-electron chi connectivity index (χ4n) is 3.05. The smallest absolute Gasteiger partial charge is 0.191 e. The summed E-state index contributed by atoms with van der Waals surface area (Å²) >= 11 is 7.29. The topological polar surface area (TPSA) is 36.4 Å². The van der Waals surface area contributed by atoms with Crippen LogP contribution in [0.15, 0.2) is 94.9 Å². The zero-order valence-electron chi connectivity index (χ0n) is 14.6. The van der Waals surface area contributed by atoms with E-state index in [1.807, 2.05) is 42.1 Å². The lowest BCUT2D eigenvalue weighted by Gasteiger charge is -2.25. The lowest BCUT2D eigenvalue weighted by atomic mass is 10.0. The standard InChI is InChI=1S/C22H19N3S2/c26-22(23-17-11-5-2-6-12-17)25-24-19-15-21(16-9-3-1-4-10-16)27-20-14-8-7-13-18(19)20/h1-14,21H,15H2,(H2,23,25,26)/b24-19+. The molecule has 0 fully saturated rings. The van der Waals surface area contributed by atoms with E-state index in [2.05, 4.69) is 70.4 Å². The van der Waals surface area contributed by atoms with Crippen molar-refractivity contribution >= 4 is 40.5 Å². The average Bonchev–Trinajstić information content (AvgIpc) is 2.73. The second kappa shape index (κ2) is 8.37. The number of fused-ring (bicyclic) bond motifs is 1. The van der Waals surface area contributed by atoms with Crippen molar-refractivity contribution in [3.05, 3.63) is 96.1 Å². The van der Waals surface area contributed by atoms with E-state index in [4.69, 9.17) is 12.2 Å². The summed E-state index contributed by atoms with van der Waals surface area (Å²) < 4.78 is 0. The number of nitrogens with one attached hydrogen (secondary N) is 2. The van der Waals surface area contributed by atoms with Gasteiger partial charge in [0.25, 0.3) is 0 Å². The Morgan fingerprint density at radius 3 is 2.33 bits per heavy atom. The summed E-state index contributed by atoms with van der Waals surface area (Å²) in [5.74, 6) is 0. The van der Waals surface area contributed by atoms with Crippen LogP contribution in [0.2, 0.25) is 0 Å². The van der Waals surface area contributed by atoms with E-state index in [0.29, 0.717) is 10.4 Å². The molecule has 3 nitrogen and oxygen atoms in total. The number of anilines is 1. The zero-order valence-corrected chi connectivity index (χ0v) is 16.3. The van der Waals surface area contributed by atoms with E-state index in [-0.39, 0.29) is 0 Å². The normalized spacial score (nSPS) is 17.2. The quantitative estimate of drug-likeness (QED) is 0.451. The summed E-state index contributed by atoms with van der Waals surface area (Å²) in [7, 11) is 0. The number of rotatable bonds is 3. The third-order valence-electron chi connectivity index (χ3n) is 4.34. The third-order valence-corrected chi connectivity index (χ3v) is 5.87. The molecule has 1 aliphatic rings. The van der Waals surface area contributed by atoms with Crippen LogP contribution in [0.25, 0.3) is 0 Å². The van der Waals surface area contributed by atoms with Gasteiger partial charge in [0.1, 0.15) is 0 Å². The number of hydrogen-bond acceptors (Lipinski definition) is 3. The van der Waals surface area contributed by atoms with Crippen molar-refractivity contribution in [2.75, 3.05) is 5.32 Å². The Morgan fingerprint density at radius 1 is 0.889 bits per heavy atom. The first kappa shape index (κ1) is 17.8. The van der Waals surface area contributed by atoms with Crippen molar-refractivity contribution in [2.24, 2.45) is 5.10 Å². The Morgan fingerprint density at radius 2 is 1.56 bits per heavy atom. The minimum atomic E-state index is 0.345. The molecule has 4 rings (SSSR count). The highest BCUT2D eigenvalue weighted by atomic mass is 32.2. The minimum Gasteiger partial charge on any atom is -0.331 e. The van der Waals surface area contributed by atoms with E-state index < -0.39 is 0 Å². The first-order valence-electron chi connectivity index (χ1n) is 8.79. The van der Waals surface area contributed by atoms with Crippen LogP contribution in [-0.2, 0) is 0 Å². The first-order valence-corrected chi connectivity index (χ1v) is 10.1. The van der Waals surface area contributed by atoms with E-state index in [1.54, 1.807) is 0 Å². The Bertz CT molecular complexity index is 956.